The maximum absolute atomic E-state index is 5.89. The van der Waals surface area contributed by atoms with Gasteiger partial charge in [-0.15, -0.1) is 11.8 Å². The molecule has 1 fully saturated rings. The van der Waals surface area contributed by atoms with Gasteiger partial charge in [0.15, 0.2) is 0 Å². The first-order chi connectivity index (χ1) is 9.38. The number of pyridine rings is 1. The van der Waals surface area contributed by atoms with Crippen molar-refractivity contribution in [1.29, 1.82) is 0 Å². The van der Waals surface area contributed by atoms with E-state index in [0.29, 0.717) is 6.54 Å². The van der Waals surface area contributed by atoms with Crippen LogP contribution in [0.5, 0.6) is 0 Å². The van der Waals surface area contributed by atoms with Gasteiger partial charge >= 0.3 is 0 Å². The van der Waals surface area contributed by atoms with Crippen LogP contribution in [0.2, 0.25) is 0 Å². The summed E-state index contributed by atoms with van der Waals surface area (Å²) >= 11 is 2.03. The molecule has 2 aromatic rings. The van der Waals surface area contributed by atoms with E-state index in [1.54, 1.807) is 0 Å². The number of benzene rings is 1. The molecule has 1 aliphatic rings. The average molecular weight is 272 g/mol. The Labute approximate surface area is 118 Å². The molecule has 0 bridgehead atoms. The topological polar surface area (TPSA) is 38.9 Å². The van der Waals surface area contributed by atoms with E-state index in [-0.39, 0.29) is 0 Å². The highest BCUT2D eigenvalue weighted by molar-refractivity contribution is 8.00. The van der Waals surface area contributed by atoms with E-state index in [9.17, 15) is 0 Å². The van der Waals surface area contributed by atoms with E-state index in [2.05, 4.69) is 23.2 Å². The number of aromatic nitrogens is 1. The summed E-state index contributed by atoms with van der Waals surface area (Å²) < 4.78 is 0. The Balaban J connectivity index is 1.98. The Hall–Kier alpha value is -1.06. The molecule has 0 saturated heterocycles. The van der Waals surface area contributed by atoms with E-state index < -0.39 is 0 Å². The molecule has 1 aromatic carbocycles. The lowest BCUT2D eigenvalue weighted by Gasteiger charge is -2.22. The van der Waals surface area contributed by atoms with E-state index >= 15 is 0 Å². The standard InChI is InChI=1S/C16H20N2S/c17-10-12-11-18-15-9-5-4-8-14(15)16(12)19-13-6-2-1-3-7-13/h4-5,8-9,11,13H,1-3,6-7,10,17H2. The number of nitrogens with zero attached hydrogens (tertiary/aromatic N) is 1. The zero-order chi connectivity index (χ0) is 13.1. The number of para-hydroxylation sites is 1. The summed E-state index contributed by atoms with van der Waals surface area (Å²) in [6.07, 6.45) is 8.78. The lowest BCUT2D eigenvalue weighted by Crippen LogP contribution is -2.09. The summed E-state index contributed by atoms with van der Waals surface area (Å²) in [5.74, 6) is 0. The van der Waals surface area contributed by atoms with Gasteiger partial charge in [0.1, 0.15) is 0 Å². The second kappa shape index (κ2) is 5.93. The summed E-state index contributed by atoms with van der Waals surface area (Å²) in [4.78, 5) is 5.87. The molecule has 1 aliphatic carbocycles. The van der Waals surface area contributed by atoms with E-state index in [1.165, 1.54) is 47.9 Å². The molecule has 1 saturated carbocycles. The molecule has 2 N–H and O–H groups in total. The Bertz CT molecular complexity index is 562. The molecule has 19 heavy (non-hydrogen) atoms. The van der Waals surface area contributed by atoms with Gasteiger partial charge in [-0.2, -0.15) is 0 Å². The third-order valence-corrected chi connectivity index (χ3v) is 5.38. The molecular weight excluding hydrogens is 252 g/mol. The van der Waals surface area contributed by atoms with Gasteiger partial charge in [0, 0.05) is 28.3 Å². The zero-order valence-corrected chi connectivity index (χ0v) is 12.0. The van der Waals surface area contributed by atoms with Crippen LogP contribution >= 0.6 is 11.8 Å². The van der Waals surface area contributed by atoms with Crippen LogP contribution < -0.4 is 5.73 Å². The molecule has 2 nitrogen and oxygen atoms in total. The highest BCUT2D eigenvalue weighted by atomic mass is 32.2. The SMILES string of the molecule is NCc1cnc2ccccc2c1SC1CCCCC1. The molecule has 0 radical (unpaired) electrons. The van der Waals surface area contributed by atoms with E-state index in [4.69, 9.17) is 5.73 Å². The molecular formula is C16H20N2S. The Morgan fingerprint density at radius 2 is 1.95 bits per heavy atom. The van der Waals surface area contributed by atoms with Gasteiger partial charge < -0.3 is 5.73 Å². The van der Waals surface area contributed by atoms with Gasteiger partial charge in [0.2, 0.25) is 0 Å². The first-order valence-corrected chi connectivity index (χ1v) is 8.00. The third kappa shape index (κ3) is 2.77. The van der Waals surface area contributed by atoms with Crippen molar-refractivity contribution < 1.29 is 0 Å². The summed E-state index contributed by atoms with van der Waals surface area (Å²) in [6, 6.07) is 8.40. The first kappa shape index (κ1) is 12.9. The van der Waals surface area contributed by atoms with Crippen LogP contribution in [0.3, 0.4) is 0 Å². The van der Waals surface area contributed by atoms with Crippen LogP contribution in [0.15, 0.2) is 35.4 Å². The van der Waals surface area contributed by atoms with E-state index in [1.807, 2.05) is 24.0 Å². The van der Waals surface area contributed by atoms with Gasteiger partial charge in [0.05, 0.1) is 5.52 Å². The normalized spacial score (nSPS) is 16.9. The van der Waals surface area contributed by atoms with E-state index in [0.717, 1.165) is 10.8 Å². The van der Waals surface area contributed by atoms with Crippen molar-refractivity contribution in [2.75, 3.05) is 0 Å². The van der Waals surface area contributed by atoms with Crippen LogP contribution in [-0.2, 0) is 6.54 Å². The van der Waals surface area contributed by atoms with Crippen molar-refractivity contribution >= 4 is 22.7 Å². The smallest absolute Gasteiger partial charge is 0.0713 e. The lowest BCUT2D eigenvalue weighted by molar-refractivity contribution is 0.516. The summed E-state index contributed by atoms with van der Waals surface area (Å²) in [5.41, 5.74) is 8.16. The van der Waals surface area contributed by atoms with Crippen LogP contribution in [0.4, 0.5) is 0 Å². The number of thioether (sulfide) groups is 1. The van der Waals surface area contributed by atoms with Crippen LogP contribution in [0.25, 0.3) is 10.9 Å². The lowest BCUT2D eigenvalue weighted by atomic mass is 10.0. The molecule has 100 valence electrons. The number of rotatable bonds is 3. The van der Waals surface area contributed by atoms with Gasteiger partial charge in [-0.3, -0.25) is 4.98 Å². The van der Waals surface area contributed by atoms with Crippen LogP contribution in [-0.4, -0.2) is 10.2 Å². The predicted octanol–water partition coefficient (Wildman–Crippen LogP) is 4.12. The average Bonchev–Trinajstić information content (AvgIpc) is 2.49. The second-order valence-electron chi connectivity index (χ2n) is 5.21. The Morgan fingerprint density at radius 3 is 2.74 bits per heavy atom. The molecule has 0 atom stereocenters. The molecule has 0 unspecified atom stereocenters. The highest BCUT2D eigenvalue weighted by Crippen LogP contribution is 2.38. The molecule has 1 heterocycles. The molecule has 0 aliphatic heterocycles. The number of fused-ring (bicyclic) bond motifs is 1. The fourth-order valence-corrected chi connectivity index (χ4v) is 4.28. The van der Waals surface area contributed by atoms with Crippen LogP contribution in [0.1, 0.15) is 37.7 Å². The fourth-order valence-electron chi connectivity index (χ4n) is 2.79. The summed E-state index contributed by atoms with van der Waals surface area (Å²) in [6.45, 7) is 0.576. The van der Waals surface area contributed by atoms with Gasteiger partial charge in [0.25, 0.3) is 0 Å². The van der Waals surface area contributed by atoms with Crippen molar-refractivity contribution in [3.8, 4) is 0 Å². The quantitative estimate of drug-likeness (QED) is 0.913. The summed E-state index contributed by atoms with van der Waals surface area (Å²) in [5, 5.41) is 2.02. The minimum atomic E-state index is 0.576. The zero-order valence-electron chi connectivity index (χ0n) is 11.1. The third-order valence-electron chi connectivity index (χ3n) is 3.86. The molecule has 0 spiro atoms. The number of hydrogen-bond donors (Lipinski definition) is 1. The molecule has 3 heteroatoms. The van der Waals surface area contributed by atoms with Crippen LogP contribution in [0, 0.1) is 0 Å². The minimum Gasteiger partial charge on any atom is -0.326 e. The van der Waals surface area contributed by atoms with Crippen molar-refractivity contribution in [3.05, 3.63) is 36.0 Å². The second-order valence-corrected chi connectivity index (χ2v) is 6.52. The molecule has 1 aromatic heterocycles. The molecule has 3 rings (SSSR count). The predicted molar refractivity (Wildman–Crippen MR) is 82.4 cm³/mol. The van der Waals surface area contributed by atoms with Crippen molar-refractivity contribution in [1.82, 2.24) is 4.98 Å². The van der Waals surface area contributed by atoms with Crippen molar-refractivity contribution in [2.24, 2.45) is 5.73 Å². The van der Waals surface area contributed by atoms with Gasteiger partial charge in [-0.05, 0) is 24.5 Å². The maximum atomic E-state index is 5.89. The Morgan fingerprint density at radius 1 is 1.16 bits per heavy atom. The number of hydrogen-bond acceptors (Lipinski definition) is 3. The minimum absolute atomic E-state index is 0.576. The van der Waals surface area contributed by atoms with Gasteiger partial charge in [-0.1, -0.05) is 37.5 Å². The molecule has 0 amide bonds. The van der Waals surface area contributed by atoms with Crippen molar-refractivity contribution in [3.63, 3.8) is 0 Å². The number of nitrogens with two attached hydrogens (primary N) is 1. The maximum Gasteiger partial charge on any atom is 0.0713 e. The summed E-state index contributed by atoms with van der Waals surface area (Å²) in [7, 11) is 0. The van der Waals surface area contributed by atoms with Crippen molar-refractivity contribution in [2.45, 2.75) is 48.8 Å². The monoisotopic (exact) mass is 272 g/mol. The fraction of sp³-hybridized carbons (Fsp3) is 0.438. The Kier molecular flexibility index (Phi) is 4.04. The highest BCUT2D eigenvalue weighted by Gasteiger charge is 2.18. The van der Waals surface area contributed by atoms with Gasteiger partial charge in [-0.25, -0.2) is 0 Å². The largest absolute Gasteiger partial charge is 0.326 e. The first-order valence-electron chi connectivity index (χ1n) is 7.12.